The van der Waals surface area contributed by atoms with E-state index in [4.69, 9.17) is 33.2 Å². The van der Waals surface area contributed by atoms with E-state index in [-0.39, 0.29) is 32.1 Å². The maximum Gasteiger partial charge on any atom is 0.187 e. The highest BCUT2D eigenvalue weighted by atomic mass is 16.8. The largest absolute Gasteiger partial charge is 0.427 e. The molecular weight excluding hydrogens is 704 g/mol. The number of hydrogen-bond acceptors (Lipinski definition) is 19. The Kier molecular flexibility index (Phi) is 13.2. The van der Waals surface area contributed by atoms with Crippen molar-refractivity contribution in [2.75, 3.05) is 13.2 Å². The molecular formula is C32H55O20+. The number of ether oxygens (including phenoxy) is 7. The van der Waals surface area contributed by atoms with E-state index in [1.54, 1.807) is 0 Å². The molecule has 52 heavy (non-hydrogen) atoms. The standard InChI is InChI=1S/C32H54O20/c1-9-20(38)24(42)27(45)30(48-9)47-8-19-23(41)25(43)29(52-31-26(44)22(40)16(37)7-46-31)32(51-19)50-18-6-12-13(34)4-11(33)5-17(12)49-28(18)10-2-14(35)21(39)15(36)3-10/h9-45H,2-8H2,1H3/p+1. The van der Waals surface area contributed by atoms with Crippen LogP contribution in [0.2, 0.25) is 0 Å². The Balaban J connectivity index is 1.26. The first kappa shape index (κ1) is 40.9. The molecule has 0 aromatic rings. The average Bonchev–Trinajstić information content (AvgIpc) is 3.10. The van der Waals surface area contributed by atoms with Crippen molar-refractivity contribution in [2.24, 2.45) is 11.8 Å². The lowest BCUT2D eigenvalue weighted by atomic mass is 9.72. The predicted molar refractivity (Wildman–Crippen MR) is 166 cm³/mol. The summed E-state index contributed by atoms with van der Waals surface area (Å²) in [7, 11) is 0. The summed E-state index contributed by atoms with van der Waals surface area (Å²) in [5.74, 6) is -1.07. The van der Waals surface area contributed by atoms with E-state index < -0.39 is 160 Å². The minimum Gasteiger partial charge on any atom is -0.427 e. The molecule has 0 amide bonds. The summed E-state index contributed by atoms with van der Waals surface area (Å²) >= 11 is 0. The van der Waals surface area contributed by atoms with Gasteiger partial charge in [-0.05, 0) is 26.2 Å². The molecule has 20 heteroatoms. The third-order valence-electron chi connectivity index (χ3n) is 11.6. The Labute approximate surface area is 298 Å². The Morgan fingerprint density at radius 1 is 0.577 bits per heavy atom. The van der Waals surface area contributed by atoms with Gasteiger partial charge >= 0.3 is 0 Å². The van der Waals surface area contributed by atoms with Crippen molar-refractivity contribution < 1.29 is 99.5 Å². The summed E-state index contributed by atoms with van der Waals surface area (Å²) in [6.45, 7) is 0.434. The van der Waals surface area contributed by atoms with E-state index in [2.05, 4.69) is 0 Å². The van der Waals surface area contributed by atoms with Gasteiger partial charge in [0.25, 0.3) is 0 Å². The van der Waals surface area contributed by atoms with Gasteiger partial charge < -0.3 is 99.5 Å². The SMILES string of the molecule is CC1OC(OCC2OC(OC3CC4C(O)CC(O)CC4[OH+]C3C3CC(O)C(O)C(O)C3)C(OC3OCC(O)C(O)C3O)C(O)C2O)C(O)C(O)C1O. The Bertz CT molecular complexity index is 1140. The number of aliphatic hydroxyl groups excluding tert-OH is 13. The maximum atomic E-state index is 11.4. The Morgan fingerprint density at radius 3 is 1.94 bits per heavy atom. The lowest BCUT2D eigenvalue weighted by molar-refractivity contribution is -0.385. The molecule has 0 aromatic carbocycles. The van der Waals surface area contributed by atoms with Crippen LogP contribution in [0.4, 0.5) is 0 Å². The van der Waals surface area contributed by atoms with Crippen molar-refractivity contribution in [1.29, 1.82) is 0 Å². The zero-order valence-electron chi connectivity index (χ0n) is 28.5. The Morgan fingerprint density at radius 2 is 1.25 bits per heavy atom. The zero-order valence-corrected chi connectivity index (χ0v) is 28.5. The second-order valence-corrected chi connectivity index (χ2v) is 15.2. The second kappa shape index (κ2) is 16.7. The first-order valence-corrected chi connectivity index (χ1v) is 18.0. The van der Waals surface area contributed by atoms with Gasteiger partial charge in [0.05, 0.1) is 49.7 Å². The van der Waals surface area contributed by atoms with Crippen molar-refractivity contribution in [3.63, 3.8) is 0 Å². The summed E-state index contributed by atoms with van der Waals surface area (Å²) in [4.78, 5) is 0. The van der Waals surface area contributed by atoms with Gasteiger partial charge in [0.2, 0.25) is 0 Å². The molecule has 2 saturated carbocycles. The van der Waals surface area contributed by atoms with Gasteiger partial charge in [0.1, 0.15) is 73.2 Å². The normalized spacial score (nSPS) is 56.2. The van der Waals surface area contributed by atoms with Crippen LogP contribution in [0, 0.1) is 11.8 Å². The molecule has 22 unspecified atom stereocenters. The summed E-state index contributed by atoms with van der Waals surface area (Å²) in [5.41, 5.74) is 0. The fourth-order valence-electron chi connectivity index (χ4n) is 8.43. The Hall–Kier alpha value is -0.800. The summed E-state index contributed by atoms with van der Waals surface area (Å²) in [6.07, 6.45) is -29.7. The van der Waals surface area contributed by atoms with Crippen molar-refractivity contribution in [2.45, 2.75) is 174 Å². The number of rotatable bonds is 8. The summed E-state index contributed by atoms with van der Waals surface area (Å²) in [5, 5.41) is 137. The zero-order chi connectivity index (χ0) is 37.8. The maximum absolute atomic E-state index is 11.4. The topological polar surface area (TPSA) is 331 Å². The van der Waals surface area contributed by atoms with Crippen LogP contribution < -0.4 is 0 Å². The van der Waals surface area contributed by atoms with Crippen LogP contribution in [0.15, 0.2) is 0 Å². The number of fused-ring (bicyclic) bond motifs is 1. The van der Waals surface area contributed by atoms with Crippen molar-refractivity contribution in [3.8, 4) is 0 Å². The molecule has 20 nitrogen and oxygen atoms in total. The smallest absolute Gasteiger partial charge is 0.187 e. The highest BCUT2D eigenvalue weighted by molar-refractivity contribution is 5.00. The molecule has 0 bridgehead atoms. The highest BCUT2D eigenvalue weighted by Gasteiger charge is 2.57. The molecule has 0 radical (unpaired) electrons. The molecule has 4 saturated heterocycles. The van der Waals surface area contributed by atoms with E-state index in [1.807, 2.05) is 0 Å². The van der Waals surface area contributed by atoms with E-state index in [9.17, 15) is 66.4 Å². The quantitative estimate of drug-likeness (QED) is 0.102. The molecule has 6 fully saturated rings. The van der Waals surface area contributed by atoms with Gasteiger partial charge in [-0.3, -0.25) is 0 Å². The fourth-order valence-corrected chi connectivity index (χ4v) is 8.43. The van der Waals surface area contributed by atoms with Gasteiger partial charge in [-0.2, -0.15) is 0 Å². The molecule has 14 N–H and O–H groups in total. The minimum absolute atomic E-state index is 0.0169. The fraction of sp³-hybridized carbons (Fsp3) is 1.00. The van der Waals surface area contributed by atoms with Crippen LogP contribution in [-0.4, -0.2) is 219 Å². The van der Waals surface area contributed by atoms with Crippen LogP contribution in [0.3, 0.4) is 0 Å². The molecule has 22 atom stereocenters. The van der Waals surface area contributed by atoms with Gasteiger partial charge in [-0.25, -0.2) is 0 Å². The molecule has 0 aromatic heterocycles. The van der Waals surface area contributed by atoms with Gasteiger partial charge in [0.15, 0.2) is 31.1 Å². The molecule has 4 heterocycles. The second-order valence-electron chi connectivity index (χ2n) is 15.2. The van der Waals surface area contributed by atoms with Gasteiger partial charge in [0, 0.05) is 18.8 Å². The highest BCUT2D eigenvalue weighted by Crippen LogP contribution is 2.43. The average molecular weight is 760 g/mol. The molecule has 4 aliphatic heterocycles. The molecule has 6 rings (SSSR count). The van der Waals surface area contributed by atoms with Crippen molar-refractivity contribution in [1.82, 2.24) is 0 Å². The molecule has 0 spiro atoms. The van der Waals surface area contributed by atoms with E-state index in [0.717, 1.165) is 0 Å². The van der Waals surface area contributed by atoms with Crippen LogP contribution in [0.1, 0.15) is 39.0 Å². The van der Waals surface area contributed by atoms with E-state index in [0.29, 0.717) is 0 Å². The number of hydrogen-bond donors (Lipinski definition) is 13. The lowest BCUT2D eigenvalue weighted by Crippen LogP contribution is -2.65. The summed E-state index contributed by atoms with van der Waals surface area (Å²) in [6, 6.07) is 0. The van der Waals surface area contributed by atoms with Crippen LogP contribution in [-0.2, 0) is 28.4 Å². The first-order valence-electron chi connectivity index (χ1n) is 18.0. The summed E-state index contributed by atoms with van der Waals surface area (Å²) < 4.78 is 39.9. The van der Waals surface area contributed by atoms with E-state index in [1.165, 1.54) is 6.92 Å². The monoisotopic (exact) mass is 759 g/mol. The predicted octanol–water partition coefficient (Wildman–Crippen LogP) is -7.22. The third kappa shape index (κ3) is 8.32. The first-order chi connectivity index (χ1) is 24.5. The van der Waals surface area contributed by atoms with Crippen LogP contribution >= 0.6 is 0 Å². The van der Waals surface area contributed by atoms with E-state index >= 15 is 0 Å². The van der Waals surface area contributed by atoms with Crippen molar-refractivity contribution in [3.05, 3.63) is 0 Å². The molecule has 6 aliphatic rings. The number of aliphatic hydroxyl groups is 15. The van der Waals surface area contributed by atoms with Gasteiger partial charge in [-0.15, -0.1) is 0 Å². The molecule has 2 aliphatic carbocycles. The van der Waals surface area contributed by atoms with Crippen LogP contribution in [0.25, 0.3) is 0 Å². The molecule has 302 valence electrons. The third-order valence-corrected chi connectivity index (χ3v) is 11.6. The van der Waals surface area contributed by atoms with Crippen molar-refractivity contribution >= 4 is 0 Å². The van der Waals surface area contributed by atoms with Gasteiger partial charge in [-0.1, -0.05) is 0 Å². The van der Waals surface area contributed by atoms with Crippen LogP contribution in [0.5, 0.6) is 0 Å². The minimum atomic E-state index is -1.86. The lowest BCUT2D eigenvalue weighted by Gasteiger charge is -2.50.